The third-order valence-electron chi connectivity index (χ3n) is 4.10. The number of rotatable bonds is 6. The van der Waals surface area contributed by atoms with E-state index < -0.39 is 11.9 Å². The summed E-state index contributed by atoms with van der Waals surface area (Å²) in [7, 11) is 1.66. The Hall–Kier alpha value is -1.30. The molecule has 0 saturated carbocycles. The molecule has 0 aromatic rings. The number of urea groups is 1. The SMILES string of the molecule is CCN(CC)C1CN(C(=O)N(C)[C@H](C(N)=O)C(C)C)C1. The van der Waals surface area contributed by atoms with E-state index in [9.17, 15) is 9.59 Å². The number of likely N-dealkylation sites (tertiary alicyclic amines) is 1. The van der Waals surface area contributed by atoms with Crippen LogP contribution in [-0.2, 0) is 4.79 Å². The molecule has 1 atom stereocenters. The first-order valence-electron chi connectivity index (χ1n) is 7.38. The Balaban J connectivity index is 2.58. The monoisotopic (exact) mass is 284 g/mol. The van der Waals surface area contributed by atoms with Crippen LogP contribution in [0.1, 0.15) is 27.7 Å². The lowest BCUT2D eigenvalue weighted by Crippen LogP contribution is -2.64. The number of primary amides is 1. The largest absolute Gasteiger partial charge is 0.368 e. The first-order valence-corrected chi connectivity index (χ1v) is 7.38. The molecule has 1 saturated heterocycles. The van der Waals surface area contributed by atoms with Gasteiger partial charge in [0, 0.05) is 26.2 Å². The van der Waals surface area contributed by atoms with Crippen LogP contribution in [0.4, 0.5) is 4.79 Å². The molecule has 1 aliphatic heterocycles. The number of amides is 3. The lowest BCUT2D eigenvalue weighted by molar-refractivity contribution is -0.123. The summed E-state index contributed by atoms with van der Waals surface area (Å²) in [5.41, 5.74) is 5.39. The van der Waals surface area contributed by atoms with Gasteiger partial charge in [-0.15, -0.1) is 0 Å². The van der Waals surface area contributed by atoms with E-state index in [-0.39, 0.29) is 11.9 Å². The Bertz CT molecular complexity index is 349. The predicted molar refractivity (Wildman–Crippen MR) is 79.3 cm³/mol. The molecule has 1 fully saturated rings. The molecule has 0 spiro atoms. The molecule has 116 valence electrons. The third kappa shape index (κ3) is 3.42. The van der Waals surface area contributed by atoms with Gasteiger partial charge < -0.3 is 15.5 Å². The highest BCUT2D eigenvalue weighted by molar-refractivity contribution is 5.86. The summed E-state index contributed by atoms with van der Waals surface area (Å²) in [4.78, 5) is 29.4. The lowest BCUT2D eigenvalue weighted by Gasteiger charge is -2.46. The summed E-state index contributed by atoms with van der Waals surface area (Å²) in [5, 5.41) is 0. The minimum Gasteiger partial charge on any atom is -0.368 e. The second-order valence-corrected chi connectivity index (χ2v) is 5.76. The van der Waals surface area contributed by atoms with Crippen molar-refractivity contribution in [2.45, 2.75) is 39.8 Å². The van der Waals surface area contributed by atoms with Crippen molar-refractivity contribution in [3.63, 3.8) is 0 Å². The van der Waals surface area contributed by atoms with Crippen molar-refractivity contribution in [1.29, 1.82) is 0 Å². The molecule has 0 aromatic carbocycles. The molecular weight excluding hydrogens is 256 g/mol. The number of nitrogens with zero attached hydrogens (tertiary/aromatic N) is 3. The smallest absolute Gasteiger partial charge is 0.320 e. The Morgan fingerprint density at radius 3 is 2.10 bits per heavy atom. The van der Waals surface area contributed by atoms with Gasteiger partial charge in [0.1, 0.15) is 6.04 Å². The van der Waals surface area contributed by atoms with E-state index in [0.29, 0.717) is 6.04 Å². The average Bonchev–Trinajstić information content (AvgIpc) is 2.31. The number of likely N-dealkylation sites (N-methyl/N-ethyl adjacent to an activating group) is 2. The number of hydrogen-bond donors (Lipinski definition) is 1. The second kappa shape index (κ2) is 6.92. The highest BCUT2D eigenvalue weighted by Gasteiger charge is 2.38. The minimum absolute atomic E-state index is 0.0151. The van der Waals surface area contributed by atoms with Crippen LogP contribution in [-0.4, -0.2) is 71.9 Å². The Morgan fingerprint density at radius 1 is 1.25 bits per heavy atom. The number of hydrogen-bond acceptors (Lipinski definition) is 3. The summed E-state index contributed by atoms with van der Waals surface area (Å²) in [6.07, 6.45) is 0. The third-order valence-corrected chi connectivity index (χ3v) is 4.10. The zero-order valence-electron chi connectivity index (χ0n) is 13.3. The molecule has 1 heterocycles. The van der Waals surface area contributed by atoms with E-state index in [2.05, 4.69) is 18.7 Å². The van der Waals surface area contributed by atoms with E-state index in [0.717, 1.165) is 26.2 Å². The van der Waals surface area contributed by atoms with Gasteiger partial charge in [0.05, 0.1) is 0 Å². The van der Waals surface area contributed by atoms with Gasteiger partial charge in [-0.1, -0.05) is 27.7 Å². The Kier molecular flexibility index (Phi) is 5.80. The molecule has 20 heavy (non-hydrogen) atoms. The van der Waals surface area contributed by atoms with Gasteiger partial charge in [0.2, 0.25) is 5.91 Å². The van der Waals surface area contributed by atoms with Crippen LogP contribution < -0.4 is 5.73 Å². The molecule has 0 unspecified atom stereocenters. The highest BCUT2D eigenvalue weighted by atomic mass is 16.2. The standard InChI is InChI=1S/C14H28N4O2/c1-6-17(7-2)11-8-18(9-11)14(20)16(5)12(10(3)4)13(15)19/h10-12H,6-9H2,1-5H3,(H2,15,19)/t12-/m0/s1. The van der Waals surface area contributed by atoms with Crippen molar-refractivity contribution < 1.29 is 9.59 Å². The van der Waals surface area contributed by atoms with Crippen molar-refractivity contribution >= 4 is 11.9 Å². The fraction of sp³-hybridized carbons (Fsp3) is 0.857. The Labute approximate surface area is 121 Å². The van der Waals surface area contributed by atoms with Gasteiger partial charge in [-0.3, -0.25) is 9.69 Å². The van der Waals surface area contributed by atoms with E-state index in [1.807, 2.05) is 13.8 Å². The van der Waals surface area contributed by atoms with Gasteiger partial charge in [0.15, 0.2) is 0 Å². The maximum Gasteiger partial charge on any atom is 0.320 e. The molecule has 0 aromatic heterocycles. The molecule has 0 bridgehead atoms. The van der Waals surface area contributed by atoms with Crippen LogP contribution in [0.5, 0.6) is 0 Å². The maximum atomic E-state index is 12.3. The first-order chi connectivity index (χ1) is 9.33. The topological polar surface area (TPSA) is 69.9 Å². The van der Waals surface area contributed by atoms with Crippen molar-refractivity contribution in [2.75, 3.05) is 33.2 Å². The minimum atomic E-state index is -0.546. The van der Waals surface area contributed by atoms with Crippen molar-refractivity contribution in [2.24, 2.45) is 11.7 Å². The van der Waals surface area contributed by atoms with Gasteiger partial charge in [-0.05, 0) is 19.0 Å². The molecule has 3 amide bonds. The zero-order valence-corrected chi connectivity index (χ0v) is 13.3. The molecule has 1 aliphatic rings. The number of carbonyl (C=O) groups excluding carboxylic acids is 2. The summed E-state index contributed by atoms with van der Waals surface area (Å²) < 4.78 is 0. The maximum absolute atomic E-state index is 12.3. The summed E-state index contributed by atoms with van der Waals surface area (Å²) in [6, 6.07) is -0.214. The van der Waals surface area contributed by atoms with E-state index >= 15 is 0 Å². The predicted octanol–water partition coefficient (Wildman–Crippen LogP) is 0.574. The molecule has 0 radical (unpaired) electrons. The van der Waals surface area contributed by atoms with E-state index in [4.69, 9.17) is 5.73 Å². The van der Waals surface area contributed by atoms with Crippen LogP contribution in [0, 0.1) is 5.92 Å². The molecule has 0 aliphatic carbocycles. The van der Waals surface area contributed by atoms with Gasteiger partial charge in [0.25, 0.3) is 0 Å². The number of carbonyl (C=O) groups is 2. The van der Waals surface area contributed by atoms with Crippen molar-refractivity contribution in [3.8, 4) is 0 Å². The second-order valence-electron chi connectivity index (χ2n) is 5.76. The summed E-state index contributed by atoms with van der Waals surface area (Å²) in [6.45, 7) is 11.5. The molecule has 2 N–H and O–H groups in total. The molecule has 6 heteroatoms. The highest BCUT2D eigenvalue weighted by Crippen LogP contribution is 2.19. The van der Waals surface area contributed by atoms with Crippen molar-refractivity contribution in [1.82, 2.24) is 14.7 Å². The molecule has 1 rings (SSSR count). The lowest BCUT2D eigenvalue weighted by atomic mass is 10.0. The molecular formula is C14H28N4O2. The molecule has 6 nitrogen and oxygen atoms in total. The Morgan fingerprint density at radius 2 is 1.75 bits per heavy atom. The fourth-order valence-electron chi connectivity index (χ4n) is 2.89. The van der Waals surface area contributed by atoms with E-state index in [1.54, 1.807) is 11.9 Å². The van der Waals surface area contributed by atoms with Gasteiger partial charge in [-0.25, -0.2) is 4.79 Å². The van der Waals surface area contributed by atoms with Gasteiger partial charge >= 0.3 is 6.03 Å². The first kappa shape index (κ1) is 16.8. The van der Waals surface area contributed by atoms with Crippen LogP contribution in [0.15, 0.2) is 0 Å². The quantitative estimate of drug-likeness (QED) is 0.775. The fourth-order valence-corrected chi connectivity index (χ4v) is 2.89. The van der Waals surface area contributed by atoms with Crippen LogP contribution in [0.3, 0.4) is 0 Å². The average molecular weight is 284 g/mol. The van der Waals surface area contributed by atoms with Gasteiger partial charge in [-0.2, -0.15) is 0 Å². The summed E-state index contributed by atoms with van der Waals surface area (Å²) in [5.74, 6) is -0.432. The summed E-state index contributed by atoms with van der Waals surface area (Å²) >= 11 is 0. The van der Waals surface area contributed by atoms with Crippen LogP contribution >= 0.6 is 0 Å². The van der Waals surface area contributed by atoms with Crippen LogP contribution in [0.2, 0.25) is 0 Å². The number of nitrogens with two attached hydrogens (primary N) is 1. The van der Waals surface area contributed by atoms with Crippen molar-refractivity contribution in [3.05, 3.63) is 0 Å². The van der Waals surface area contributed by atoms with E-state index in [1.165, 1.54) is 4.90 Å². The zero-order chi connectivity index (χ0) is 15.4. The normalized spacial score (nSPS) is 17.2. The van der Waals surface area contributed by atoms with Crippen LogP contribution in [0.25, 0.3) is 0 Å².